The Kier molecular flexibility index (Phi) is 6.30. The van der Waals surface area contributed by atoms with Crippen LogP contribution < -0.4 is 10.5 Å². The third kappa shape index (κ3) is 5.19. The van der Waals surface area contributed by atoms with Crippen LogP contribution in [-0.4, -0.2) is 39.8 Å². The number of aromatic nitrogens is 4. The number of tetrazole rings is 1. The lowest BCUT2D eigenvalue weighted by Crippen LogP contribution is -2.23. The van der Waals surface area contributed by atoms with Crippen LogP contribution in [0.2, 0.25) is 0 Å². The lowest BCUT2D eigenvalue weighted by Gasteiger charge is -2.12. The smallest absolute Gasteiger partial charge is 0.238 e. The van der Waals surface area contributed by atoms with Gasteiger partial charge < -0.3 is 5.32 Å². The summed E-state index contributed by atoms with van der Waals surface area (Å²) in [4.78, 5) is 12.5. The van der Waals surface area contributed by atoms with Crippen molar-refractivity contribution >= 4 is 33.4 Å². The van der Waals surface area contributed by atoms with Crippen LogP contribution in [0.1, 0.15) is 19.4 Å². The van der Waals surface area contributed by atoms with Crippen LogP contribution in [0.5, 0.6) is 0 Å². The highest BCUT2D eigenvalue weighted by Gasteiger charge is 2.19. The zero-order chi connectivity index (χ0) is 21.0. The van der Waals surface area contributed by atoms with Crippen LogP contribution in [0.15, 0.2) is 58.6 Å². The molecule has 152 valence electrons. The quantitative estimate of drug-likeness (QED) is 0.545. The van der Waals surface area contributed by atoms with Gasteiger partial charge in [-0.25, -0.2) is 13.6 Å². The number of amides is 1. The predicted molar refractivity (Wildman–Crippen MR) is 110 cm³/mol. The molecule has 0 unspecified atom stereocenters. The Morgan fingerprint density at radius 1 is 1.17 bits per heavy atom. The van der Waals surface area contributed by atoms with Gasteiger partial charge in [0.15, 0.2) is 0 Å². The highest BCUT2D eigenvalue weighted by atomic mass is 32.2. The Hall–Kier alpha value is -2.76. The number of nitrogens with zero attached hydrogens (tertiary/aromatic N) is 4. The highest BCUT2D eigenvalue weighted by Crippen LogP contribution is 2.24. The fourth-order valence-corrected chi connectivity index (χ4v) is 3.79. The number of carbonyl (C=O) groups excluding carboxylic acids is 1. The van der Waals surface area contributed by atoms with E-state index in [2.05, 4.69) is 27.8 Å². The van der Waals surface area contributed by atoms with Gasteiger partial charge in [0.2, 0.25) is 21.1 Å². The first-order chi connectivity index (χ1) is 13.8. The molecule has 1 heterocycles. The van der Waals surface area contributed by atoms with E-state index in [0.717, 1.165) is 12.1 Å². The molecular formula is C18H20N6O3S2. The van der Waals surface area contributed by atoms with Gasteiger partial charge >= 0.3 is 0 Å². The van der Waals surface area contributed by atoms with Gasteiger partial charge in [0, 0.05) is 5.69 Å². The number of hydrogen-bond donors (Lipinski definition) is 2. The Morgan fingerprint density at radius 2 is 1.83 bits per heavy atom. The Bertz CT molecular complexity index is 1100. The molecule has 0 aliphatic rings. The summed E-state index contributed by atoms with van der Waals surface area (Å²) in [6, 6.07) is 13.5. The third-order valence-electron chi connectivity index (χ3n) is 4.13. The van der Waals surface area contributed by atoms with Crippen LogP contribution in [0.3, 0.4) is 0 Å². The molecule has 2 aromatic carbocycles. The van der Waals surface area contributed by atoms with Crippen LogP contribution in [0.25, 0.3) is 5.69 Å². The molecule has 0 bridgehead atoms. The van der Waals surface area contributed by atoms with Crippen molar-refractivity contribution in [3.8, 4) is 5.69 Å². The Balaban J connectivity index is 1.68. The van der Waals surface area contributed by atoms with Gasteiger partial charge in [-0.3, -0.25) is 4.79 Å². The molecule has 0 spiro atoms. The summed E-state index contributed by atoms with van der Waals surface area (Å²) in [5.74, 6) is -0.269. The number of benzene rings is 2. The molecule has 1 aromatic heterocycles. The van der Waals surface area contributed by atoms with E-state index in [1.807, 2.05) is 24.3 Å². The second-order valence-corrected chi connectivity index (χ2v) is 9.08. The summed E-state index contributed by atoms with van der Waals surface area (Å²) in [7, 11) is -3.78. The molecule has 1 amide bonds. The van der Waals surface area contributed by atoms with E-state index < -0.39 is 15.3 Å². The van der Waals surface area contributed by atoms with E-state index >= 15 is 0 Å². The summed E-state index contributed by atoms with van der Waals surface area (Å²) in [5.41, 5.74) is 2.47. The lowest BCUT2D eigenvalue weighted by molar-refractivity contribution is -0.115. The SMILES string of the molecule is CCc1ccc(-n2nnnc2S[C@@H](C)C(=O)Nc2ccc(S(N)(=O)=O)cc2)cc1. The molecule has 9 nitrogen and oxygen atoms in total. The second kappa shape index (κ2) is 8.72. The average molecular weight is 433 g/mol. The molecule has 3 aromatic rings. The lowest BCUT2D eigenvalue weighted by atomic mass is 10.1. The normalized spacial score (nSPS) is 12.5. The molecule has 3 N–H and O–H groups in total. The van der Waals surface area contributed by atoms with Gasteiger partial charge in [-0.05, 0) is 65.7 Å². The maximum atomic E-state index is 12.5. The topological polar surface area (TPSA) is 133 Å². The van der Waals surface area contributed by atoms with Gasteiger partial charge in [0.1, 0.15) is 0 Å². The number of hydrogen-bond acceptors (Lipinski definition) is 7. The number of nitrogens with one attached hydrogen (secondary N) is 1. The van der Waals surface area contributed by atoms with Crippen LogP contribution >= 0.6 is 11.8 Å². The van der Waals surface area contributed by atoms with Crippen LogP contribution in [-0.2, 0) is 21.2 Å². The maximum Gasteiger partial charge on any atom is 0.238 e. The third-order valence-corrected chi connectivity index (χ3v) is 6.09. The average Bonchev–Trinajstić information content (AvgIpc) is 3.15. The molecule has 11 heteroatoms. The summed E-state index contributed by atoms with van der Waals surface area (Å²) >= 11 is 1.22. The van der Waals surface area contributed by atoms with Gasteiger partial charge in [0.05, 0.1) is 15.8 Å². The zero-order valence-electron chi connectivity index (χ0n) is 15.8. The van der Waals surface area contributed by atoms with Crippen molar-refractivity contribution in [2.45, 2.75) is 35.6 Å². The molecule has 1 atom stereocenters. The van der Waals surface area contributed by atoms with Crippen molar-refractivity contribution in [2.24, 2.45) is 5.14 Å². The van der Waals surface area contributed by atoms with E-state index in [1.165, 1.54) is 41.6 Å². The van der Waals surface area contributed by atoms with E-state index in [9.17, 15) is 13.2 Å². The monoisotopic (exact) mass is 432 g/mol. The molecule has 0 fully saturated rings. The van der Waals surface area contributed by atoms with Crippen molar-refractivity contribution < 1.29 is 13.2 Å². The fraction of sp³-hybridized carbons (Fsp3) is 0.222. The molecule has 0 aliphatic heterocycles. The van der Waals surface area contributed by atoms with Crippen LogP contribution in [0.4, 0.5) is 5.69 Å². The number of nitrogens with two attached hydrogens (primary N) is 1. The minimum atomic E-state index is -3.78. The summed E-state index contributed by atoms with van der Waals surface area (Å²) in [6.07, 6.45) is 0.937. The predicted octanol–water partition coefficient (Wildman–Crippen LogP) is 1.99. The second-order valence-electron chi connectivity index (χ2n) is 6.21. The number of sulfonamides is 1. The molecule has 0 saturated carbocycles. The first-order valence-corrected chi connectivity index (χ1v) is 11.2. The maximum absolute atomic E-state index is 12.5. The first kappa shape index (κ1) is 21.0. The summed E-state index contributed by atoms with van der Waals surface area (Å²) in [6.45, 7) is 3.81. The number of carbonyl (C=O) groups is 1. The van der Waals surface area contributed by atoms with Crippen LogP contribution in [0, 0.1) is 0 Å². The largest absolute Gasteiger partial charge is 0.325 e. The summed E-state index contributed by atoms with van der Waals surface area (Å²) < 4.78 is 24.2. The standard InChI is InChI=1S/C18H20N6O3S2/c1-3-13-4-8-15(9-5-13)24-18(21-22-23-24)28-12(2)17(25)20-14-6-10-16(11-7-14)29(19,26)27/h4-12H,3H2,1-2H3,(H,20,25)(H2,19,26,27)/t12-/m0/s1. The van der Waals surface area contributed by atoms with Crippen molar-refractivity contribution in [1.82, 2.24) is 20.2 Å². The Labute approximate surface area is 172 Å². The molecule has 29 heavy (non-hydrogen) atoms. The molecule has 0 radical (unpaired) electrons. The first-order valence-electron chi connectivity index (χ1n) is 8.76. The van der Waals surface area contributed by atoms with Crippen molar-refractivity contribution in [2.75, 3.05) is 5.32 Å². The van der Waals surface area contributed by atoms with E-state index in [4.69, 9.17) is 5.14 Å². The fourth-order valence-electron chi connectivity index (χ4n) is 2.47. The van der Waals surface area contributed by atoms with Gasteiger partial charge in [0.25, 0.3) is 0 Å². The van der Waals surface area contributed by atoms with Crippen molar-refractivity contribution in [3.63, 3.8) is 0 Å². The van der Waals surface area contributed by atoms with Crippen molar-refractivity contribution in [1.29, 1.82) is 0 Å². The van der Waals surface area contributed by atoms with Gasteiger partial charge in [-0.1, -0.05) is 30.8 Å². The Morgan fingerprint density at radius 3 is 2.41 bits per heavy atom. The molecule has 0 saturated heterocycles. The van der Waals surface area contributed by atoms with E-state index in [-0.39, 0.29) is 10.8 Å². The number of rotatable bonds is 7. The molecular weight excluding hydrogens is 412 g/mol. The number of aryl methyl sites for hydroxylation is 1. The highest BCUT2D eigenvalue weighted by molar-refractivity contribution is 8.00. The van der Waals surface area contributed by atoms with E-state index in [1.54, 1.807) is 11.6 Å². The zero-order valence-corrected chi connectivity index (χ0v) is 17.4. The minimum absolute atomic E-state index is 0.0220. The minimum Gasteiger partial charge on any atom is -0.325 e. The van der Waals surface area contributed by atoms with Crippen molar-refractivity contribution in [3.05, 3.63) is 54.1 Å². The molecule has 3 rings (SSSR count). The summed E-state index contributed by atoms with van der Waals surface area (Å²) in [5, 5.41) is 19.5. The van der Waals surface area contributed by atoms with Gasteiger partial charge in [-0.15, -0.1) is 5.10 Å². The number of primary sulfonamides is 1. The molecule has 0 aliphatic carbocycles. The van der Waals surface area contributed by atoms with Gasteiger partial charge in [-0.2, -0.15) is 4.68 Å². The van der Waals surface area contributed by atoms with E-state index in [0.29, 0.717) is 10.8 Å². The number of anilines is 1. The number of thioether (sulfide) groups is 1.